The first kappa shape index (κ1) is 17.8. The molecule has 142 valence electrons. The maximum Gasteiger partial charge on any atom is 0.417 e. The van der Waals surface area contributed by atoms with E-state index < -0.39 is 17.6 Å². The number of rotatable bonds is 3. The van der Waals surface area contributed by atoms with E-state index in [1.165, 1.54) is 39.8 Å². The summed E-state index contributed by atoms with van der Waals surface area (Å²) < 4.78 is 43.3. The number of hydrogen-bond acceptors (Lipinski definition) is 3. The van der Waals surface area contributed by atoms with Crippen LogP contribution >= 0.6 is 0 Å². The highest BCUT2D eigenvalue weighted by molar-refractivity contribution is 6.00. The summed E-state index contributed by atoms with van der Waals surface area (Å²) in [7, 11) is 1.66. The molecule has 0 radical (unpaired) electrons. The van der Waals surface area contributed by atoms with Crippen LogP contribution in [0.15, 0.2) is 60.9 Å². The van der Waals surface area contributed by atoms with Crippen LogP contribution in [0.5, 0.6) is 0 Å². The minimum absolute atomic E-state index is 0.0608. The standard InChI is InChI=1S/C19H14F3N5O/c1-26-10-8-15(24-26)18(28)25-27-16(11-12-5-4-9-23-17(12)27)13-6-2-3-7-14(13)19(20,21)22/h2-11H,1H3,(H,25,28). The van der Waals surface area contributed by atoms with Gasteiger partial charge in [-0.1, -0.05) is 18.2 Å². The topological polar surface area (TPSA) is 64.7 Å². The van der Waals surface area contributed by atoms with Crippen molar-refractivity contribution in [2.75, 3.05) is 5.43 Å². The lowest BCUT2D eigenvalue weighted by molar-refractivity contribution is -0.137. The average molecular weight is 385 g/mol. The molecule has 6 nitrogen and oxygen atoms in total. The van der Waals surface area contributed by atoms with E-state index in [0.717, 1.165) is 6.07 Å². The molecule has 0 saturated carbocycles. The van der Waals surface area contributed by atoms with Crippen molar-refractivity contribution in [2.45, 2.75) is 6.18 Å². The Labute approximate surface area is 157 Å². The van der Waals surface area contributed by atoms with Crippen molar-refractivity contribution in [3.05, 3.63) is 72.2 Å². The molecular weight excluding hydrogens is 371 g/mol. The predicted octanol–water partition coefficient (Wildman–Crippen LogP) is 3.84. The van der Waals surface area contributed by atoms with Crippen molar-refractivity contribution in [3.8, 4) is 11.3 Å². The van der Waals surface area contributed by atoms with Crippen LogP contribution in [0, 0.1) is 0 Å². The number of carbonyl (C=O) groups excluding carboxylic acids is 1. The third-order valence-electron chi connectivity index (χ3n) is 4.23. The summed E-state index contributed by atoms with van der Waals surface area (Å²) in [5, 5.41) is 4.61. The van der Waals surface area contributed by atoms with Gasteiger partial charge in [-0.05, 0) is 30.3 Å². The predicted molar refractivity (Wildman–Crippen MR) is 97.1 cm³/mol. The highest BCUT2D eigenvalue weighted by Crippen LogP contribution is 2.38. The third-order valence-corrected chi connectivity index (χ3v) is 4.23. The quantitative estimate of drug-likeness (QED) is 0.583. The zero-order valence-corrected chi connectivity index (χ0v) is 14.6. The number of amides is 1. The highest BCUT2D eigenvalue weighted by Gasteiger charge is 2.34. The van der Waals surface area contributed by atoms with Crippen LogP contribution in [0.1, 0.15) is 16.1 Å². The molecule has 3 heterocycles. The summed E-state index contributed by atoms with van der Waals surface area (Å²) in [6.07, 6.45) is -1.44. The van der Waals surface area contributed by atoms with Crippen LogP contribution < -0.4 is 5.43 Å². The Balaban J connectivity index is 1.89. The van der Waals surface area contributed by atoms with E-state index in [9.17, 15) is 18.0 Å². The van der Waals surface area contributed by atoms with Crippen LogP contribution in [0.4, 0.5) is 13.2 Å². The second-order valence-electron chi connectivity index (χ2n) is 6.14. The lowest BCUT2D eigenvalue weighted by atomic mass is 10.0. The summed E-state index contributed by atoms with van der Waals surface area (Å²) in [5.74, 6) is -0.561. The van der Waals surface area contributed by atoms with Gasteiger partial charge in [0, 0.05) is 30.4 Å². The van der Waals surface area contributed by atoms with Gasteiger partial charge in [0.05, 0.1) is 11.3 Å². The first-order valence-electron chi connectivity index (χ1n) is 8.28. The number of benzene rings is 1. The normalized spacial score (nSPS) is 11.7. The third kappa shape index (κ3) is 3.11. The van der Waals surface area contributed by atoms with Crippen molar-refractivity contribution in [2.24, 2.45) is 7.05 Å². The SMILES string of the molecule is Cn1ccc(C(=O)Nn2c(-c3ccccc3C(F)(F)F)cc3cccnc32)n1. The molecule has 0 bridgehead atoms. The summed E-state index contributed by atoms with van der Waals surface area (Å²) in [4.78, 5) is 16.8. The molecule has 0 aliphatic rings. The van der Waals surface area contributed by atoms with Gasteiger partial charge in [-0.25, -0.2) is 9.66 Å². The number of nitrogens with one attached hydrogen (secondary N) is 1. The smallest absolute Gasteiger partial charge is 0.275 e. The fourth-order valence-electron chi connectivity index (χ4n) is 2.99. The molecule has 0 aliphatic carbocycles. The Morgan fingerprint density at radius 2 is 1.89 bits per heavy atom. The van der Waals surface area contributed by atoms with Gasteiger partial charge >= 0.3 is 6.18 Å². The summed E-state index contributed by atoms with van der Waals surface area (Å²) in [6.45, 7) is 0. The van der Waals surface area contributed by atoms with E-state index in [1.54, 1.807) is 31.4 Å². The number of carbonyl (C=O) groups is 1. The number of aromatic nitrogens is 4. The van der Waals surface area contributed by atoms with Crippen molar-refractivity contribution in [1.29, 1.82) is 0 Å². The number of alkyl halides is 3. The van der Waals surface area contributed by atoms with E-state index in [1.807, 2.05) is 0 Å². The number of aryl methyl sites for hydroxylation is 1. The molecule has 1 aromatic carbocycles. The van der Waals surface area contributed by atoms with Gasteiger partial charge in [0.1, 0.15) is 0 Å². The van der Waals surface area contributed by atoms with Crippen LogP contribution in [0.2, 0.25) is 0 Å². The molecule has 28 heavy (non-hydrogen) atoms. The molecule has 4 aromatic rings. The van der Waals surface area contributed by atoms with Gasteiger partial charge in [0.15, 0.2) is 11.3 Å². The van der Waals surface area contributed by atoms with E-state index >= 15 is 0 Å². The number of pyridine rings is 1. The maximum absolute atomic E-state index is 13.5. The summed E-state index contributed by atoms with van der Waals surface area (Å²) in [5.41, 5.74) is 2.39. The van der Waals surface area contributed by atoms with Crippen LogP contribution in [-0.4, -0.2) is 25.3 Å². The molecule has 0 aliphatic heterocycles. The molecule has 0 unspecified atom stereocenters. The largest absolute Gasteiger partial charge is 0.417 e. The first-order chi connectivity index (χ1) is 13.3. The number of nitrogens with zero attached hydrogens (tertiary/aromatic N) is 4. The van der Waals surface area contributed by atoms with Crippen LogP contribution in [-0.2, 0) is 13.2 Å². The van der Waals surface area contributed by atoms with Gasteiger partial charge in [-0.3, -0.25) is 14.9 Å². The molecule has 0 spiro atoms. The second-order valence-corrected chi connectivity index (χ2v) is 6.14. The number of fused-ring (bicyclic) bond motifs is 1. The van der Waals surface area contributed by atoms with Crippen molar-refractivity contribution in [3.63, 3.8) is 0 Å². The fourth-order valence-corrected chi connectivity index (χ4v) is 2.99. The zero-order chi connectivity index (χ0) is 19.9. The highest BCUT2D eigenvalue weighted by atomic mass is 19.4. The van der Waals surface area contributed by atoms with Gasteiger partial charge in [-0.15, -0.1) is 0 Å². The van der Waals surface area contributed by atoms with Crippen molar-refractivity contribution in [1.82, 2.24) is 19.4 Å². The van der Waals surface area contributed by atoms with Crippen molar-refractivity contribution < 1.29 is 18.0 Å². The first-order valence-corrected chi connectivity index (χ1v) is 8.28. The van der Waals surface area contributed by atoms with Gasteiger partial charge < -0.3 is 0 Å². The lowest BCUT2D eigenvalue weighted by Gasteiger charge is -2.15. The van der Waals surface area contributed by atoms with Crippen molar-refractivity contribution >= 4 is 16.9 Å². The Kier molecular flexibility index (Phi) is 4.14. The zero-order valence-electron chi connectivity index (χ0n) is 14.6. The van der Waals surface area contributed by atoms with Gasteiger partial charge in [0.2, 0.25) is 0 Å². The minimum Gasteiger partial charge on any atom is -0.275 e. The molecule has 3 aromatic heterocycles. The van der Waals surface area contributed by atoms with E-state index in [2.05, 4.69) is 15.5 Å². The van der Waals surface area contributed by atoms with E-state index in [4.69, 9.17) is 0 Å². The van der Waals surface area contributed by atoms with Gasteiger partial charge in [-0.2, -0.15) is 18.3 Å². The summed E-state index contributed by atoms with van der Waals surface area (Å²) in [6, 6.07) is 11.7. The molecule has 1 N–H and O–H groups in total. The Morgan fingerprint density at radius 1 is 1.11 bits per heavy atom. The Hall–Kier alpha value is -3.62. The molecule has 1 amide bonds. The fraction of sp³-hybridized carbons (Fsp3) is 0.105. The molecule has 4 rings (SSSR count). The second kappa shape index (κ2) is 6.52. The average Bonchev–Trinajstić information content (AvgIpc) is 3.25. The Bertz CT molecular complexity index is 1180. The lowest BCUT2D eigenvalue weighted by Crippen LogP contribution is -2.24. The van der Waals surface area contributed by atoms with Crippen LogP contribution in [0.3, 0.4) is 0 Å². The maximum atomic E-state index is 13.5. The summed E-state index contributed by atoms with van der Waals surface area (Å²) >= 11 is 0. The molecule has 9 heteroatoms. The van der Waals surface area contributed by atoms with E-state index in [-0.39, 0.29) is 17.0 Å². The molecule has 0 atom stereocenters. The number of hydrogen-bond donors (Lipinski definition) is 1. The molecular formula is C19H14F3N5O. The Morgan fingerprint density at radius 3 is 2.61 bits per heavy atom. The van der Waals surface area contributed by atoms with Crippen LogP contribution in [0.25, 0.3) is 22.3 Å². The number of halogens is 3. The monoisotopic (exact) mass is 385 g/mol. The van der Waals surface area contributed by atoms with Gasteiger partial charge in [0.25, 0.3) is 5.91 Å². The molecule has 0 fully saturated rings. The molecule has 0 saturated heterocycles. The minimum atomic E-state index is -4.55. The van der Waals surface area contributed by atoms with E-state index in [0.29, 0.717) is 11.0 Å².